The normalized spacial score (nSPS) is 19.9. The Morgan fingerprint density at radius 2 is 1.80 bits per heavy atom. The molecule has 1 amide bonds. The van der Waals surface area contributed by atoms with E-state index in [1.165, 1.54) is 0 Å². The summed E-state index contributed by atoms with van der Waals surface area (Å²) in [6.07, 6.45) is 6.06. The molecule has 0 heterocycles. The van der Waals surface area contributed by atoms with Gasteiger partial charge in [-0.1, -0.05) is 32.6 Å². The molecule has 20 heavy (non-hydrogen) atoms. The molecule has 1 aliphatic rings. The molecule has 5 heteroatoms. The number of aliphatic carboxylic acids is 1. The Bertz CT molecular complexity index is 336. The molecule has 1 unspecified atom stereocenters. The van der Waals surface area contributed by atoms with Gasteiger partial charge in [0, 0.05) is 19.6 Å². The predicted molar refractivity (Wildman–Crippen MR) is 78.2 cm³/mol. The highest BCUT2D eigenvalue weighted by molar-refractivity contribution is 5.83. The minimum Gasteiger partial charge on any atom is -0.481 e. The maximum absolute atomic E-state index is 12.8. The number of carboxylic acids is 1. The van der Waals surface area contributed by atoms with E-state index in [9.17, 15) is 9.59 Å². The molecule has 0 radical (unpaired) electrons. The molecular formula is C15H28N2O3. The second kappa shape index (κ2) is 7.62. The average molecular weight is 284 g/mol. The van der Waals surface area contributed by atoms with Gasteiger partial charge in [0.1, 0.15) is 0 Å². The Kier molecular flexibility index (Phi) is 6.46. The molecule has 1 saturated carbocycles. The van der Waals surface area contributed by atoms with E-state index in [2.05, 4.69) is 0 Å². The van der Waals surface area contributed by atoms with Gasteiger partial charge < -0.3 is 15.7 Å². The van der Waals surface area contributed by atoms with Crippen molar-refractivity contribution in [1.29, 1.82) is 0 Å². The topological polar surface area (TPSA) is 83.6 Å². The van der Waals surface area contributed by atoms with Crippen LogP contribution in [0, 0.1) is 11.3 Å². The molecule has 1 fully saturated rings. The molecule has 5 nitrogen and oxygen atoms in total. The zero-order valence-corrected chi connectivity index (χ0v) is 12.7. The van der Waals surface area contributed by atoms with Crippen LogP contribution in [0.5, 0.6) is 0 Å². The van der Waals surface area contributed by atoms with Gasteiger partial charge in [-0.25, -0.2) is 0 Å². The average Bonchev–Trinajstić information content (AvgIpc) is 2.69. The molecule has 0 saturated heterocycles. The first-order valence-electron chi connectivity index (χ1n) is 7.69. The number of hydrogen-bond donors (Lipinski definition) is 2. The zero-order valence-electron chi connectivity index (χ0n) is 12.7. The van der Waals surface area contributed by atoms with Gasteiger partial charge in [0.25, 0.3) is 0 Å². The van der Waals surface area contributed by atoms with Crippen LogP contribution in [0.4, 0.5) is 0 Å². The summed E-state index contributed by atoms with van der Waals surface area (Å²) in [4.78, 5) is 25.5. The highest BCUT2D eigenvalue weighted by atomic mass is 16.4. The summed E-state index contributed by atoms with van der Waals surface area (Å²) in [6, 6.07) is 0. The van der Waals surface area contributed by atoms with Crippen LogP contribution in [-0.4, -0.2) is 41.5 Å². The highest BCUT2D eigenvalue weighted by Gasteiger charge is 2.40. The molecule has 0 aromatic rings. The molecule has 1 atom stereocenters. The third-order valence-corrected chi connectivity index (χ3v) is 4.49. The molecule has 116 valence electrons. The van der Waals surface area contributed by atoms with Crippen molar-refractivity contribution in [2.45, 2.75) is 52.4 Å². The van der Waals surface area contributed by atoms with E-state index in [1.54, 1.807) is 11.8 Å². The number of amides is 1. The van der Waals surface area contributed by atoms with Crippen LogP contribution in [0.15, 0.2) is 0 Å². The Morgan fingerprint density at radius 3 is 2.20 bits per heavy atom. The Balaban J connectivity index is 2.83. The van der Waals surface area contributed by atoms with Crippen LogP contribution in [0.25, 0.3) is 0 Å². The summed E-state index contributed by atoms with van der Waals surface area (Å²) in [5.74, 6) is -1.35. The number of carbonyl (C=O) groups excluding carboxylic acids is 1. The Morgan fingerprint density at radius 1 is 1.25 bits per heavy atom. The van der Waals surface area contributed by atoms with Crippen molar-refractivity contribution >= 4 is 11.9 Å². The number of carbonyl (C=O) groups is 2. The number of nitrogens with two attached hydrogens (primary N) is 1. The molecule has 1 rings (SSSR count). The first-order valence-corrected chi connectivity index (χ1v) is 7.69. The lowest BCUT2D eigenvalue weighted by Gasteiger charge is -2.36. The number of hydrogen-bond acceptors (Lipinski definition) is 3. The van der Waals surface area contributed by atoms with Crippen LogP contribution in [0.1, 0.15) is 52.4 Å². The van der Waals surface area contributed by atoms with Crippen LogP contribution in [0.3, 0.4) is 0 Å². The first kappa shape index (κ1) is 17.0. The van der Waals surface area contributed by atoms with Gasteiger partial charge in [0.15, 0.2) is 0 Å². The van der Waals surface area contributed by atoms with Crippen molar-refractivity contribution in [3.05, 3.63) is 0 Å². The van der Waals surface area contributed by atoms with Gasteiger partial charge in [-0.15, -0.1) is 0 Å². The van der Waals surface area contributed by atoms with E-state index in [-0.39, 0.29) is 12.5 Å². The zero-order chi connectivity index (χ0) is 15.2. The standard InChI is InChI=1S/C15H28N2O3/c1-3-17(10-12(2)13(18)19)14(20)15(11-16)8-6-4-5-7-9-15/h12H,3-11,16H2,1-2H3,(H,18,19). The van der Waals surface area contributed by atoms with Crippen LogP contribution < -0.4 is 5.73 Å². The fraction of sp³-hybridized carbons (Fsp3) is 0.867. The molecular weight excluding hydrogens is 256 g/mol. The summed E-state index contributed by atoms with van der Waals surface area (Å²) < 4.78 is 0. The quantitative estimate of drug-likeness (QED) is 0.729. The van der Waals surface area contributed by atoms with Gasteiger partial charge >= 0.3 is 5.97 Å². The number of rotatable bonds is 6. The second-order valence-electron chi connectivity index (χ2n) is 5.98. The Hall–Kier alpha value is -1.10. The van der Waals surface area contributed by atoms with E-state index in [1.807, 2.05) is 6.92 Å². The number of carboxylic acid groups (broad SMARTS) is 1. The molecule has 3 N–H and O–H groups in total. The first-order chi connectivity index (χ1) is 9.46. The van der Waals surface area contributed by atoms with Crippen molar-refractivity contribution in [2.24, 2.45) is 17.1 Å². The summed E-state index contributed by atoms with van der Waals surface area (Å²) in [5.41, 5.74) is 5.46. The summed E-state index contributed by atoms with van der Waals surface area (Å²) in [5, 5.41) is 9.02. The van der Waals surface area contributed by atoms with Crippen LogP contribution >= 0.6 is 0 Å². The van der Waals surface area contributed by atoms with Gasteiger partial charge in [0.05, 0.1) is 11.3 Å². The van der Waals surface area contributed by atoms with E-state index in [0.29, 0.717) is 13.1 Å². The Labute approximate surface area is 121 Å². The lowest BCUT2D eigenvalue weighted by molar-refractivity contribution is -0.146. The highest BCUT2D eigenvalue weighted by Crippen LogP contribution is 2.36. The minimum atomic E-state index is -0.862. The summed E-state index contributed by atoms with van der Waals surface area (Å²) in [7, 11) is 0. The molecule has 1 aliphatic carbocycles. The fourth-order valence-electron chi connectivity index (χ4n) is 3.01. The second-order valence-corrected chi connectivity index (χ2v) is 5.98. The van der Waals surface area contributed by atoms with Gasteiger partial charge in [-0.2, -0.15) is 0 Å². The van der Waals surface area contributed by atoms with Crippen molar-refractivity contribution in [3.63, 3.8) is 0 Å². The van der Waals surface area contributed by atoms with E-state index in [4.69, 9.17) is 10.8 Å². The van der Waals surface area contributed by atoms with Crippen molar-refractivity contribution in [3.8, 4) is 0 Å². The van der Waals surface area contributed by atoms with E-state index < -0.39 is 17.3 Å². The van der Waals surface area contributed by atoms with Crippen molar-refractivity contribution < 1.29 is 14.7 Å². The van der Waals surface area contributed by atoms with Crippen LogP contribution in [0.2, 0.25) is 0 Å². The monoisotopic (exact) mass is 284 g/mol. The van der Waals surface area contributed by atoms with Gasteiger partial charge in [-0.3, -0.25) is 9.59 Å². The predicted octanol–water partition coefficient (Wildman–Crippen LogP) is 1.85. The summed E-state index contributed by atoms with van der Waals surface area (Å²) >= 11 is 0. The van der Waals surface area contributed by atoms with Gasteiger partial charge in [-0.05, 0) is 19.8 Å². The number of nitrogens with zero attached hydrogens (tertiary/aromatic N) is 1. The molecule has 0 aromatic heterocycles. The maximum Gasteiger partial charge on any atom is 0.308 e. The fourth-order valence-corrected chi connectivity index (χ4v) is 3.01. The molecule has 0 aromatic carbocycles. The SMILES string of the molecule is CCN(CC(C)C(=O)O)C(=O)C1(CN)CCCCCC1. The lowest BCUT2D eigenvalue weighted by Crippen LogP contribution is -2.49. The molecule has 0 aliphatic heterocycles. The largest absolute Gasteiger partial charge is 0.481 e. The summed E-state index contributed by atoms with van der Waals surface area (Å²) in [6.45, 7) is 4.71. The molecule has 0 spiro atoms. The third kappa shape index (κ3) is 3.95. The van der Waals surface area contributed by atoms with Crippen molar-refractivity contribution in [2.75, 3.05) is 19.6 Å². The van der Waals surface area contributed by atoms with E-state index >= 15 is 0 Å². The maximum atomic E-state index is 12.8. The minimum absolute atomic E-state index is 0.0532. The smallest absolute Gasteiger partial charge is 0.308 e. The molecule has 0 bridgehead atoms. The van der Waals surface area contributed by atoms with Crippen molar-refractivity contribution in [1.82, 2.24) is 4.90 Å². The third-order valence-electron chi connectivity index (χ3n) is 4.49. The van der Waals surface area contributed by atoms with Gasteiger partial charge in [0.2, 0.25) is 5.91 Å². The lowest BCUT2D eigenvalue weighted by atomic mass is 9.79. The van der Waals surface area contributed by atoms with E-state index in [0.717, 1.165) is 38.5 Å². The van der Waals surface area contributed by atoms with Crippen LogP contribution in [-0.2, 0) is 9.59 Å².